The van der Waals surface area contributed by atoms with Crippen molar-refractivity contribution in [2.75, 3.05) is 6.54 Å². The summed E-state index contributed by atoms with van der Waals surface area (Å²) in [5.74, 6) is -5.14. The number of para-hydroxylation sites is 1. The Morgan fingerprint density at radius 2 is 1.52 bits per heavy atom. The third-order valence-electron chi connectivity index (χ3n) is 6.59. The molecule has 0 spiro atoms. The van der Waals surface area contributed by atoms with Gasteiger partial charge in [-0.25, -0.2) is 4.79 Å². The van der Waals surface area contributed by atoms with Gasteiger partial charge >= 0.3 is 11.9 Å². The molecular formula is C27H40N8O7. The maximum atomic E-state index is 13.6. The molecule has 0 aliphatic rings. The zero-order chi connectivity index (χ0) is 31.4. The molecule has 0 fully saturated rings. The molecule has 1 aromatic carbocycles. The molecule has 0 saturated carbocycles. The number of carbonyl (C=O) groups excluding carboxylic acids is 3. The van der Waals surface area contributed by atoms with Gasteiger partial charge in [0.05, 0.1) is 6.04 Å². The first kappa shape index (κ1) is 33.5. The molecule has 0 radical (unpaired) electrons. The molecule has 2 rings (SSSR count). The summed E-state index contributed by atoms with van der Waals surface area (Å²) < 4.78 is 0. The number of carboxylic acids is 2. The number of nitrogens with two attached hydrogens (primary N) is 3. The Labute approximate surface area is 242 Å². The zero-order valence-corrected chi connectivity index (χ0v) is 23.6. The third kappa shape index (κ3) is 10.4. The van der Waals surface area contributed by atoms with Crippen molar-refractivity contribution in [1.29, 1.82) is 0 Å². The molecule has 4 unspecified atom stereocenters. The van der Waals surface area contributed by atoms with E-state index in [0.29, 0.717) is 0 Å². The molecule has 0 saturated heterocycles. The number of aliphatic imine (C=N–C) groups is 1. The number of aromatic nitrogens is 1. The number of carbonyl (C=O) groups is 5. The first-order chi connectivity index (χ1) is 19.8. The molecule has 42 heavy (non-hydrogen) atoms. The molecule has 15 heteroatoms. The van der Waals surface area contributed by atoms with Crippen molar-refractivity contribution in [3.05, 3.63) is 36.0 Å². The van der Waals surface area contributed by atoms with E-state index >= 15 is 0 Å². The summed E-state index contributed by atoms with van der Waals surface area (Å²) in [7, 11) is 0. The molecule has 0 aliphatic heterocycles. The van der Waals surface area contributed by atoms with Crippen molar-refractivity contribution in [3.8, 4) is 0 Å². The SMILES string of the molecule is CC(C)C(N)C(=O)NC(Cc1c[nH]c2ccccc12)C(=O)NC(CCCN=C(N)N)C(=O)NC(CCC(=O)O)C(=O)O. The van der Waals surface area contributed by atoms with Crippen molar-refractivity contribution in [2.45, 2.75) is 70.1 Å². The summed E-state index contributed by atoms with van der Waals surface area (Å²) in [6, 6.07) is 2.62. The van der Waals surface area contributed by atoms with Gasteiger partial charge in [-0.1, -0.05) is 32.0 Å². The molecule has 2 aromatic rings. The Morgan fingerprint density at radius 3 is 2.14 bits per heavy atom. The number of nitrogens with zero attached hydrogens (tertiary/aromatic N) is 1. The number of guanidine groups is 1. The van der Waals surface area contributed by atoms with Crippen molar-refractivity contribution < 1.29 is 34.2 Å². The minimum absolute atomic E-state index is 0.0128. The summed E-state index contributed by atoms with van der Waals surface area (Å²) in [5, 5.41) is 26.8. The number of hydrogen-bond donors (Lipinski definition) is 9. The molecule has 0 bridgehead atoms. The van der Waals surface area contributed by atoms with Crippen LogP contribution in [-0.2, 0) is 30.4 Å². The molecule has 4 atom stereocenters. The topological polar surface area (TPSA) is 268 Å². The standard InChI is InChI=1S/C27H40N8O7/c1-14(2)22(28)25(40)35-20(12-15-13-32-17-7-4-3-6-16(15)17)24(39)33-18(8-5-11-31-27(29)30)23(38)34-19(26(41)42)9-10-21(36)37/h3-4,6-7,13-14,18-20,22,32H,5,8-12,28H2,1-2H3,(H,33,39)(H,34,38)(H,35,40)(H,36,37)(H,41,42)(H4,29,30,31). The Bertz CT molecular complexity index is 1290. The van der Waals surface area contributed by atoms with Crippen molar-refractivity contribution in [3.63, 3.8) is 0 Å². The lowest BCUT2D eigenvalue weighted by atomic mass is 10.0. The monoisotopic (exact) mass is 588 g/mol. The fourth-order valence-corrected chi connectivity index (χ4v) is 4.14. The van der Waals surface area contributed by atoms with E-state index in [0.717, 1.165) is 16.5 Å². The number of nitrogens with one attached hydrogen (secondary N) is 4. The molecular weight excluding hydrogens is 548 g/mol. The van der Waals surface area contributed by atoms with E-state index in [1.165, 1.54) is 0 Å². The lowest BCUT2D eigenvalue weighted by molar-refractivity contribution is -0.143. The molecule has 1 aromatic heterocycles. The van der Waals surface area contributed by atoms with E-state index in [1.807, 2.05) is 24.3 Å². The van der Waals surface area contributed by atoms with Gasteiger partial charge in [0, 0.05) is 36.5 Å². The minimum Gasteiger partial charge on any atom is -0.481 e. The second kappa shape index (κ2) is 16.0. The number of carboxylic acid groups (broad SMARTS) is 2. The second-order valence-electron chi connectivity index (χ2n) is 10.2. The normalized spacial score (nSPS) is 13.9. The summed E-state index contributed by atoms with van der Waals surface area (Å²) in [5.41, 5.74) is 18.3. The summed E-state index contributed by atoms with van der Waals surface area (Å²) in [4.78, 5) is 69.2. The maximum absolute atomic E-state index is 13.6. The Hall–Kier alpha value is -4.66. The number of aromatic amines is 1. The van der Waals surface area contributed by atoms with Crippen molar-refractivity contribution in [1.82, 2.24) is 20.9 Å². The highest BCUT2D eigenvalue weighted by molar-refractivity contribution is 5.95. The van der Waals surface area contributed by atoms with Crippen molar-refractivity contribution in [2.24, 2.45) is 28.1 Å². The molecule has 12 N–H and O–H groups in total. The Balaban J connectivity index is 2.32. The fraction of sp³-hybridized carbons (Fsp3) is 0.481. The first-order valence-corrected chi connectivity index (χ1v) is 13.5. The second-order valence-corrected chi connectivity index (χ2v) is 10.2. The van der Waals surface area contributed by atoms with E-state index in [2.05, 4.69) is 25.9 Å². The van der Waals surface area contributed by atoms with Gasteiger partial charge in [0.2, 0.25) is 17.7 Å². The van der Waals surface area contributed by atoms with Crippen LogP contribution in [0.15, 0.2) is 35.5 Å². The largest absolute Gasteiger partial charge is 0.481 e. The number of hydrogen-bond acceptors (Lipinski definition) is 7. The van der Waals surface area contributed by atoms with Crippen LogP contribution in [0.4, 0.5) is 0 Å². The van der Waals surface area contributed by atoms with Crippen LogP contribution in [0.2, 0.25) is 0 Å². The van der Waals surface area contributed by atoms with Crippen LogP contribution in [-0.4, -0.2) is 81.5 Å². The predicted molar refractivity (Wildman–Crippen MR) is 155 cm³/mol. The van der Waals surface area contributed by atoms with Crippen molar-refractivity contribution >= 4 is 46.5 Å². The Morgan fingerprint density at radius 1 is 0.905 bits per heavy atom. The average Bonchev–Trinajstić information content (AvgIpc) is 3.33. The number of benzene rings is 1. The van der Waals surface area contributed by atoms with Gasteiger partial charge in [-0.15, -0.1) is 0 Å². The van der Waals surface area contributed by atoms with Crippen LogP contribution in [0.3, 0.4) is 0 Å². The van der Waals surface area contributed by atoms with E-state index in [1.54, 1.807) is 20.0 Å². The molecule has 230 valence electrons. The maximum Gasteiger partial charge on any atom is 0.326 e. The number of rotatable bonds is 17. The molecule has 15 nitrogen and oxygen atoms in total. The summed E-state index contributed by atoms with van der Waals surface area (Å²) in [6.07, 6.45) is 1.18. The van der Waals surface area contributed by atoms with Gasteiger partial charge in [0.15, 0.2) is 5.96 Å². The van der Waals surface area contributed by atoms with Gasteiger partial charge < -0.3 is 48.3 Å². The van der Waals surface area contributed by atoms with Gasteiger partial charge in [-0.05, 0) is 36.8 Å². The lowest BCUT2D eigenvalue weighted by Gasteiger charge is -2.25. The summed E-state index contributed by atoms with van der Waals surface area (Å²) >= 11 is 0. The van der Waals surface area contributed by atoms with Crippen LogP contribution in [0, 0.1) is 5.92 Å². The first-order valence-electron chi connectivity index (χ1n) is 13.5. The van der Waals surface area contributed by atoms with E-state index in [-0.39, 0.29) is 44.1 Å². The van der Waals surface area contributed by atoms with Gasteiger partial charge in [0.25, 0.3) is 0 Å². The smallest absolute Gasteiger partial charge is 0.326 e. The van der Waals surface area contributed by atoms with E-state index < -0.39 is 60.2 Å². The van der Waals surface area contributed by atoms with Crippen LogP contribution < -0.4 is 33.2 Å². The van der Waals surface area contributed by atoms with Gasteiger partial charge in [-0.3, -0.25) is 24.2 Å². The zero-order valence-electron chi connectivity index (χ0n) is 23.6. The van der Waals surface area contributed by atoms with E-state index in [9.17, 15) is 29.1 Å². The molecule has 3 amide bonds. The van der Waals surface area contributed by atoms with Crippen LogP contribution in [0.1, 0.15) is 45.1 Å². The number of amides is 3. The molecule has 1 heterocycles. The minimum atomic E-state index is -1.50. The van der Waals surface area contributed by atoms with Gasteiger partial charge in [-0.2, -0.15) is 0 Å². The predicted octanol–water partition coefficient (Wildman–Crippen LogP) is -0.849. The highest BCUT2D eigenvalue weighted by atomic mass is 16.4. The van der Waals surface area contributed by atoms with Crippen LogP contribution in [0.25, 0.3) is 10.9 Å². The Kier molecular flexibility index (Phi) is 12.7. The van der Waals surface area contributed by atoms with Crippen LogP contribution >= 0.6 is 0 Å². The molecule has 0 aliphatic carbocycles. The number of aliphatic carboxylic acids is 2. The summed E-state index contributed by atoms with van der Waals surface area (Å²) in [6.45, 7) is 3.65. The lowest BCUT2D eigenvalue weighted by Crippen LogP contribution is -2.58. The van der Waals surface area contributed by atoms with Gasteiger partial charge in [0.1, 0.15) is 18.1 Å². The average molecular weight is 589 g/mol. The number of H-pyrrole nitrogens is 1. The highest BCUT2D eigenvalue weighted by Crippen LogP contribution is 2.19. The highest BCUT2D eigenvalue weighted by Gasteiger charge is 2.31. The fourth-order valence-electron chi connectivity index (χ4n) is 4.14. The van der Waals surface area contributed by atoms with E-state index in [4.69, 9.17) is 22.3 Å². The number of fused-ring (bicyclic) bond motifs is 1. The quantitative estimate of drug-likeness (QED) is 0.0627. The van der Waals surface area contributed by atoms with Crippen LogP contribution in [0.5, 0.6) is 0 Å². The third-order valence-corrected chi connectivity index (χ3v) is 6.59.